The van der Waals surface area contributed by atoms with Gasteiger partial charge in [0, 0.05) is 12.1 Å². The molecule has 0 aromatic carbocycles. The third-order valence-electron chi connectivity index (χ3n) is 1.70. The van der Waals surface area contributed by atoms with Gasteiger partial charge in [0.15, 0.2) is 5.76 Å². The van der Waals surface area contributed by atoms with Gasteiger partial charge in [0.05, 0.1) is 6.07 Å². The summed E-state index contributed by atoms with van der Waals surface area (Å²) in [6.07, 6.45) is 0. The lowest BCUT2D eigenvalue weighted by Gasteiger charge is -2.18. The van der Waals surface area contributed by atoms with Gasteiger partial charge >= 0.3 is 5.88 Å². The first-order chi connectivity index (χ1) is 7.29. The molecular weight excluding hydrogens is 250 g/mol. The van der Waals surface area contributed by atoms with Gasteiger partial charge in [-0.2, -0.15) is 0 Å². The summed E-state index contributed by atoms with van der Waals surface area (Å²) in [4.78, 5) is 21.1. The number of nitro groups is 1. The van der Waals surface area contributed by atoms with E-state index in [4.69, 9.17) is 10.2 Å². The molecule has 8 heteroatoms. The second-order valence-corrected chi connectivity index (χ2v) is 4.07. The fraction of sp³-hybridized carbons (Fsp3) is 0.444. The molecule has 0 saturated heterocycles. The molecule has 0 aliphatic carbocycles. The predicted molar refractivity (Wildman–Crippen MR) is 63.2 cm³/mol. The van der Waals surface area contributed by atoms with E-state index in [9.17, 15) is 14.9 Å². The van der Waals surface area contributed by atoms with E-state index < -0.39 is 22.3 Å². The van der Waals surface area contributed by atoms with Crippen molar-refractivity contribution in [3.05, 3.63) is 28.0 Å². The van der Waals surface area contributed by atoms with Crippen molar-refractivity contribution in [2.45, 2.75) is 19.4 Å². The molecule has 0 atom stereocenters. The highest BCUT2D eigenvalue weighted by Crippen LogP contribution is 2.15. The van der Waals surface area contributed by atoms with Gasteiger partial charge in [0.25, 0.3) is 5.91 Å². The second-order valence-electron chi connectivity index (χ2n) is 4.07. The summed E-state index contributed by atoms with van der Waals surface area (Å²) in [7, 11) is 0. The summed E-state index contributed by atoms with van der Waals surface area (Å²) < 4.78 is 4.72. The van der Waals surface area contributed by atoms with E-state index in [1.165, 1.54) is 6.07 Å². The van der Waals surface area contributed by atoms with Crippen molar-refractivity contribution < 1.29 is 14.1 Å². The zero-order valence-electron chi connectivity index (χ0n) is 9.43. The standard InChI is InChI=1S/C9H13N3O4.ClH/c1-9(2,10)5-11-8(13)6-3-4-7(16-6)12(14)15;/h3-4H,5,10H2,1-2H3,(H,11,13);1H. The number of hydrogen-bond acceptors (Lipinski definition) is 5. The van der Waals surface area contributed by atoms with E-state index in [1.54, 1.807) is 13.8 Å². The van der Waals surface area contributed by atoms with Crippen molar-refractivity contribution in [1.29, 1.82) is 0 Å². The number of amides is 1. The molecule has 0 radical (unpaired) electrons. The minimum atomic E-state index is -0.705. The maximum absolute atomic E-state index is 11.4. The molecule has 0 aliphatic rings. The fourth-order valence-corrected chi connectivity index (χ4v) is 0.943. The molecule has 0 saturated carbocycles. The van der Waals surface area contributed by atoms with Crippen molar-refractivity contribution in [3.8, 4) is 0 Å². The lowest BCUT2D eigenvalue weighted by Crippen LogP contribution is -2.45. The van der Waals surface area contributed by atoms with Gasteiger partial charge in [-0.15, -0.1) is 12.4 Å². The maximum Gasteiger partial charge on any atom is 0.433 e. The van der Waals surface area contributed by atoms with Crippen molar-refractivity contribution in [2.24, 2.45) is 5.73 Å². The molecule has 0 unspecified atom stereocenters. The molecule has 0 fully saturated rings. The molecule has 1 heterocycles. The maximum atomic E-state index is 11.4. The van der Waals surface area contributed by atoms with Crippen LogP contribution in [0, 0.1) is 10.1 Å². The number of halogens is 1. The largest absolute Gasteiger partial charge is 0.433 e. The molecule has 0 spiro atoms. The fourth-order valence-electron chi connectivity index (χ4n) is 0.943. The van der Waals surface area contributed by atoms with Crippen LogP contribution in [0.2, 0.25) is 0 Å². The van der Waals surface area contributed by atoms with Crippen molar-refractivity contribution in [3.63, 3.8) is 0 Å². The Hall–Kier alpha value is -1.60. The predicted octanol–water partition coefficient (Wildman–Crippen LogP) is 1.08. The Balaban J connectivity index is 0.00000256. The summed E-state index contributed by atoms with van der Waals surface area (Å²) >= 11 is 0. The number of nitrogens with zero attached hydrogens (tertiary/aromatic N) is 1. The summed E-state index contributed by atoms with van der Waals surface area (Å²) in [5.41, 5.74) is 5.11. The zero-order valence-corrected chi connectivity index (χ0v) is 10.2. The van der Waals surface area contributed by atoms with Gasteiger partial charge in [-0.05, 0) is 19.9 Å². The van der Waals surface area contributed by atoms with Crippen molar-refractivity contribution >= 4 is 24.2 Å². The summed E-state index contributed by atoms with van der Waals surface area (Å²) in [6, 6.07) is 2.37. The topological polar surface area (TPSA) is 111 Å². The molecule has 7 nitrogen and oxygen atoms in total. The molecule has 3 N–H and O–H groups in total. The smallest absolute Gasteiger partial charge is 0.395 e. The van der Waals surface area contributed by atoms with Gasteiger partial charge in [-0.3, -0.25) is 14.9 Å². The van der Waals surface area contributed by atoms with E-state index in [0.717, 1.165) is 6.07 Å². The quantitative estimate of drug-likeness (QED) is 0.623. The average molecular weight is 264 g/mol. The highest BCUT2D eigenvalue weighted by atomic mass is 35.5. The van der Waals surface area contributed by atoms with Crippen LogP contribution in [0.1, 0.15) is 24.4 Å². The summed E-state index contributed by atoms with van der Waals surface area (Å²) in [5, 5.41) is 12.8. The molecule has 1 rings (SSSR count). The summed E-state index contributed by atoms with van der Waals surface area (Å²) in [5.74, 6) is -1.08. The zero-order chi connectivity index (χ0) is 12.3. The molecule has 0 aliphatic heterocycles. The highest BCUT2D eigenvalue weighted by molar-refractivity contribution is 5.91. The number of nitrogens with one attached hydrogen (secondary N) is 1. The molecule has 17 heavy (non-hydrogen) atoms. The Bertz CT molecular complexity index is 411. The van der Waals surface area contributed by atoms with Crippen molar-refractivity contribution in [2.75, 3.05) is 6.54 Å². The average Bonchev–Trinajstić information content (AvgIpc) is 2.61. The Morgan fingerprint density at radius 3 is 2.59 bits per heavy atom. The number of rotatable bonds is 4. The Labute approximate surface area is 104 Å². The molecular formula is C9H14ClN3O4. The normalized spacial score (nSPS) is 10.5. The SMILES string of the molecule is CC(C)(N)CNC(=O)c1ccc([N+](=O)[O-])o1.Cl. The lowest BCUT2D eigenvalue weighted by molar-refractivity contribution is -0.402. The van der Waals surface area contributed by atoms with E-state index >= 15 is 0 Å². The van der Waals surface area contributed by atoms with Gasteiger partial charge in [0.1, 0.15) is 4.92 Å². The molecule has 1 aromatic rings. The first-order valence-electron chi connectivity index (χ1n) is 4.61. The van der Waals surface area contributed by atoms with Crippen LogP contribution < -0.4 is 11.1 Å². The third-order valence-corrected chi connectivity index (χ3v) is 1.70. The van der Waals surface area contributed by atoms with Crippen LogP contribution in [-0.4, -0.2) is 22.9 Å². The van der Waals surface area contributed by atoms with Crippen LogP contribution in [0.3, 0.4) is 0 Å². The molecule has 1 amide bonds. The molecule has 0 bridgehead atoms. The molecule has 1 aromatic heterocycles. The van der Waals surface area contributed by atoms with Gasteiger partial charge in [-0.25, -0.2) is 0 Å². The molecule has 96 valence electrons. The van der Waals surface area contributed by atoms with Crippen LogP contribution in [0.25, 0.3) is 0 Å². The highest BCUT2D eigenvalue weighted by Gasteiger charge is 2.19. The number of furan rings is 1. The second kappa shape index (κ2) is 5.65. The van der Waals surface area contributed by atoms with Crippen LogP contribution in [0.5, 0.6) is 0 Å². The van der Waals surface area contributed by atoms with Gasteiger partial charge in [-0.1, -0.05) is 0 Å². The first kappa shape index (κ1) is 15.4. The van der Waals surface area contributed by atoms with Crippen LogP contribution in [-0.2, 0) is 0 Å². The number of carbonyl (C=O) groups is 1. The van der Waals surface area contributed by atoms with Crippen LogP contribution >= 0.6 is 12.4 Å². The first-order valence-corrected chi connectivity index (χ1v) is 4.61. The monoisotopic (exact) mass is 263 g/mol. The Morgan fingerprint density at radius 1 is 1.59 bits per heavy atom. The van der Waals surface area contributed by atoms with Crippen LogP contribution in [0.15, 0.2) is 16.5 Å². The number of hydrogen-bond donors (Lipinski definition) is 2. The van der Waals surface area contributed by atoms with E-state index in [1.807, 2.05) is 0 Å². The number of carbonyl (C=O) groups excluding carboxylic acids is 1. The third kappa shape index (κ3) is 4.83. The van der Waals surface area contributed by atoms with Gasteiger partial charge in [0.2, 0.25) is 0 Å². The summed E-state index contributed by atoms with van der Waals surface area (Å²) in [6.45, 7) is 3.75. The lowest BCUT2D eigenvalue weighted by atomic mass is 10.1. The van der Waals surface area contributed by atoms with E-state index in [2.05, 4.69) is 5.32 Å². The van der Waals surface area contributed by atoms with E-state index in [0.29, 0.717) is 0 Å². The number of nitrogens with two attached hydrogens (primary N) is 1. The van der Waals surface area contributed by atoms with Crippen molar-refractivity contribution in [1.82, 2.24) is 5.32 Å². The van der Waals surface area contributed by atoms with Gasteiger partial charge < -0.3 is 15.5 Å². The van der Waals surface area contributed by atoms with E-state index in [-0.39, 0.29) is 24.7 Å². The van der Waals surface area contributed by atoms with Crippen LogP contribution in [0.4, 0.5) is 5.88 Å². The minimum absolute atomic E-state index is 0. The minimum Gasteiger partial charge on any atom is -0.395 e. The Kier molecular flexibility index (Phi) is 5.11. The Morgan fingerprint density at radius 2 is 2.18 bits per heavy atom.